The van der Waals surface area contributed by atoms with E-state index < -0.39 is 23.6 Å². The summed E-state index contributed by atoms with van der Waals surface area (Å²) >= 11 is 0. The molecule has 1 heterocycles. The minimum Gasteiger partial charge on any atom is -0.478 e. The zero-order valence-corrected chi connectivity index (χ0v) is 18.2. The summed E-state index contributed by atoms with van der Waals surface area (Å²) in [6.45, 7) is 5.58. The summed E-state index contributed by atoms with van der Waals surface area (Å²) < 4.78 is 40.4. The zero-order chi connectivity index (χ0) is 24.3. The minimum absolute atomic E-state index is 0.167. The summed E-state index contributed by atoms with van der Waals surface area (Å²) in [4.78, 5) is 23.5. The fourth-order valence-electron chi connectivity index (χ4n) is 3.53. The number of benzene rings is 2. The summed E-state index contributed by atoms with van der Waals surface area (Å²) in [6, 6.07) is 11.3. The molecule has 0 fully saturated rings. The van der Waals surface area contributed by atoms with Gasteiger partial charge in [-0.1, -0.05) is 24.3 Å². The molecular formula is C24H22F3N3O3. The molecule has 1 amide bonds. The number of rotatable bonds is 6. The van der Waals surface area contributed by atoms with Gasteiger partial charge in [-0.05, 0) is 56.2 Å². The van der Waals surface area contributed by atoms with E-state index in [-0.39, 0.29) is 17.5 Å². The topological polar surface area (TPSA) is 83.7 Å². The van der Waals surface area contributed by atoms with Crippen molar-refractivity contribution in [2.45, 2.75) is 33.4 Å². The Morgan fingerprint density at radius 2 is 1.82 bits per heavy atom. The molecule has 3 rings (SSSR count). The van der Waals surface area contributed by atoms with Crippen molar-refractivity contribution in [1.82, 2.24) is 9.99 Å². The second-order valence-corrected chi connectivity index (χ2v) is 7.64. The Balaban J connectivity index is 1.75. The molecule has 2 N–H and O–H groups in total. The number of aryl methyl sites for hydroxylation is 2. The van der Waals surface area contributed by atoms with Crippen LogP contribution < -0.4 is 5.43 Å². The van der Waals surface area contributed by atoms with E-state index in [2.05, 4.69) is 10.5 Å². The molecule has 0 unspecified atom stereocenters. The Morgan fingerprint density at radius 1 is 1.09 bits per heavy atom. The zero-order valence-electron chi connectivity index (χ0n) is 18.2. The lowest BCUT2D eigenvalue weighted by atomic mass is 10.1. The molecule has 33 heavy (non-hydrogen) atoms. The van der Waals surface area contributed by atoms with Gasteiger partial charge >= 0.3 is 12.1 Å². The summed E-state index contributed by atoms with van der Waals surface area (Å²) in [6.07, 6.45) is -3.28. The maximum atomic E-state index is 12.8. The maximum Gasteiger partial charge on any atom is 0.416 e. The third-order valence-electron chi connectivity index (χ3n) is 5.18. The van der Waals surface area contributed by atoms with Crippen LogP contribution in [-0.2, 0) is 17.4 Å². The molecule has 0 radical (unpaired) electrons. The number of carboxylic acid groups (broad SMARTS) is 1. The van der Waals surface area contributed by atoms with E-state index in [9.17, 15) is 27.9 Å². The molecule has 0 spiro atoms. The van der Waals surface area contributed by atoms with Crippen molar-refractivity contribution in [1.29, 1.82) is 0 Å². The van der Waals surface area contributed by atoms with Gasteiger partial charge in [0.1, 0.15) is 0 Å². The molecule has 0 aliphatic heterocycles. The van der Waals surface area contributed by atoms with Gasteiger partial charge < -0.3 is 9.67 Å². The number of hydrogen-bond donors (Lipinski definition) is 2. The lowest BCUT2D eigenvalue weighted by Crippen LogP contribution is -2.20. The third kappa shape index (κ3) is 5.49. The molecule has 9 heteroatoms. The molecule has 0 aliphatic carbocycles. The SMILES string of the molecule is Cc1ccc(C(=O)O)cc1-n1c(C)cc(C=NNC(=O)Cc2cccc(C(F)(F)F)c2)c1C. The fraction of sp³-hybridized carbons (Fsp3) is 0.208. The summed E-state index contributed by atoms with van der Waals surface area (Å²) in [7, 11) is 0. The fourth-order valence-corrected chi connectivity index (χ4v) is 3.53. The molecule has 1 aromatic heterocycles. The van der Waals surface area contributed by atoms with E-state index in [1.54, 1.807) is 12.1 Å². The van der Waals surface area contributed by atoms with Crippen LogP contribution in [0.3, 0.4) is 0 Å². The lowest BCUT2D eigenvalue weighted by molar-refractivity contribution is -0.137. The number of amides is 1. The van der Waals surface area contributed by atoms with Gasteiger partial charge in [0, 0.05) is 22.6 Å². The highest BCUT2D eigenvalue weighted by Gasteiger charge is 2.30. The third-order valence-corrected chi connectivity index (χ3v) is 5.18. The quantitative estimate of drug-likeness (QED) is 0.412. The summed E-state index contributed by atoms with van der Waals surface area (Å²) in [5.74, 6) is -1.58. The van der Waals surface area contributed by atoms with E-state index in [1.165, 1.54) is 24.4 Å². The van der Waals surface area contributed by atoms with Crippen LogP contribution in [0.25, 0.3) is 5.69 Å². The van der Waals surface area contributed by atoms with Crippen molar-refractivity contribution < 1.29 is 27.9 Å². The Kier molecular flexibility index (Phi) is 6.71. The molecule has 172 valence electrons. The number of halogens is 3. The number of alkyl halides is 3. The Hall–Kier alpha value is -3.88. The van der Waals surface area contributed by atoms with E-state index in [0.717, 1.165) is 34.8 Å². The predicted molar refractivity (Wildman–Crippen MR) is 118 cm³/mol. The van der Waals surface area contributed by atoms with Gasteiger partial charge in [-0.2, -0.15) is 18.3 Å². The Bertz CT molecular complexity index is 1240. The van der Waals surface area contributed by atoms with Crippen LogP contribution in [0.2, 0.25) is 0 Å². The van der Waals surface area contributed by atoms with Gasteiger partial charge in [0.15, 0.2) is 0 Å². The molecular weight excluding hydrogens is 435 g/mol. The van der Waals surface area contributed by atoms with Gasteiger partial charge in [0.05, 0.1) is 23.8 Å². The summed E-state index contributed by atoms with van der Waals surface area (Å²) in [5.41, 5.74) is 5.85. The normalized spacial score (nSPS) is 11.7. The number of carbonyl (C=O) groups excluding carboxylic acids is 1. The van der Waals surface area contributed by atoms with Gasteiger partial charge in [-0.15, -0.1) is 0 Å². The van der Waals surface area contributed by atoms with Crippen LogP contribution in [-0.4, -0.2) is 27.8 Å². The van der Waals surface area contributed by atoms with Crippen molar-refractivity contribution in [3.63, 3.8) is 0 Å². The molecule has 0 bridgehead atoms. The molecule has 0 aliphatic rings. The number of aromatic carboxylic acids is 1. The van der Waals surface area contributed by atoms with E-state index >= 15 is 0 Å². The molecule has 6 nitrogen and oxygen atoms in total. The predicted octanol–water partition coefficient (Wildman–Crippen LogP) is 4.81. The first kappa shape index (κ1) is 23.8. The number of hydrogen-bond acceptors (Lipinski definition) is 3. The molecule has 0 saturated carbocycles. The molecule has 3 aromatic rings. The van der Waals surface area contributed by atoms with E-state index in [1.807, 2.05) is 31.4 Å². The van der Waals surface area contributed by atoms with Gasteiger partial charge in [-0.25, -0.2) is 10.2 Å². The lowest BCUT2D eigenvalue weighted by Gasteiger charge is -2.13. The maximum absolute atomic E-state index is 12.8. The van der Waals surface area contributed by atoms with Gasteiger partial charge in [0.2, 0.25) is 5.91 Å². The van der Waals surface area contributed by atoms with Crippen LogP contribution in [0.1, 0.15) is 44.0 Å². The number of nitrogens with one attached hydrogen (secondary N) is 1. The largest absolute Gasteiger partial charge is 0.478 e. The Labute approximate surface area is 188 Å². The highest BCUT2D eigenvalue weighted by atomic mass is 19.4. The van der Waals surface area contributed by atoms with Crippen LogP contribution >= 0.6 is 0 Å². The van der Waals surface area contributed by atoms with Crippen molar-refractivity contribution in [2.24, 2.45) is 5.10 Å². The standard InChI is InChI=1S/C24H22F3N3O3/c1-14-7-8-18(23(32)33)12-21(14)30-15(2)9-19(16(30)3)13-28-29-22(31)11-17-5-4-6-20(10-17)24(25,26)27/h4-10,12-13H,11H2,1-3H3,(H,29,31)(H,32,33). The van der Waals surface area contributed by atoms with Crippen molar-refractivity contribution in [3.8, 4) is 5.69 Å². The highest BCUT2D eigenvalue weighted by Crippen LogP contribution is 2.29. The smallest absolute Gasteiger partial charge is 0.416 e. The summed E-state index contributed by atoms with van der Waals surface area (Å²) in [5, 5.41) is 13.2. The molecule has 2 aromatic carbocycles. The van der Waals surface area contributed by atoms with Crippen molar-refractivity contribution in [2.75, 3.05) is 0 Å². The first-order valence-electron chi connectivity index (χ1n) is 9.98. The first-order chi connectivity index (χ1) is 15.5. The van der Waals surface area contributed by atoms with Gasteiger partial charge in [-0.3, -0.25) is 4.79 Å². The van der Waals surface area contributed by atoms with Crippen molar-refractivity contribution >= 4 is 18.1 Å². The second kappa shape index (κ2) is 9.32. The first-order valence-corrected chi connectivity index (χ1v) is 9.98. The monoisotopic (exact) mass is 457 g/mol. The molecule has 0 saturated heterocycles. The van der Waals surface area contributed by atoms with Gasteiger partial charge in [0.25, 0.3) is 0 Å². The van der Waals surface area contributed by atoms with E-state index in [0.29, 0.717) is 5.56 Å². The van der Waals surface area contributed by atoms with Crippen LogP contribution in [0, 0.1) is 20.8 Å². The number of aromatic nitrogens is 1. The van der Waals surface area contributed by atoms with Crippen LogP contribution in [0.5, 0.6) is 0 Å². The number of carbonyl (C=O) groups is 2. The highest BCUT2D eigenvalue weighted by molar-refractivity contribution is 5.89. The van der Waals surface area contributed by atoms with E-state index in [4.69, 9.17) is 0 Å². The minimum atomic E-state index is -4.48. The number of hydrazone groups is 1. The number of carboxylic acids is 1. The second-order valence-electron chi connectivity index (χ2n) is 7.64. The number of nitrogens with zero attached hydrogens (tertiary/aromatic N) is 2. The molecule has 0 atom stereocenters. The van der Waals surface area contributed by atoms with Crippen LogP contribution in [0.4, 0.5) is 13.2 Å². The average Bonchev–Trinajstić information content (AvgIpc) is 3.01. The van der Waals surface area contributed by atoms with Crippen molar-refractivity contribution in [3.05, 3.63) is 87.7 Å². The average molecular weight is 457 g/mol. The van der Waals surface area contributed by atoms with Crippen LogP contribution in [0.15, 0.2) is 53.6 Å². The Morgan fingerprint density at radius 3 is 2.48 bits per heavy atom.